The fourth-order valence-corrected chi connectivity index (χ4v) is 3.81. The number of azide groups is 1. The van der Waals surface area contributed by atoms with Crippen LogP contribution in [-0.2, 0) is 0 Å². The molecular formula is C29H43N3O3. The number of rotatable bonds is 13. The van der Waals surface area contributed by atoms with Crippen molar-refractivity contribution >= 4 is 6.08 Å². The minimum atomic E-state index is -1.02. The zero-order valence-corrected chi connectivity index (χ0v) is 22.5. The maximum absolute atomic E-state index is 10.8. The molecule has 0 aliphatic carbocycles. The number of phenols is 2. The lowest BCUT2D eigenvalue weighted by molar-refractivity contribution is 0.104. The topological polar surface area (TPSA) is 109 Å². The second-order valence-electron chi connectivity index (χ2n) is 9.83. The van der Waals surface area contributed by atoms with E-state index in [4.69, 9.17) is 5.53 Å². The van der Waals surface area contributed by atoms with Gasteiger partial charge in [-0.3, -0.25) is 0 Å². The van der Waals surface area contributed by atoms with Crippen molar-refractivity contribution < 1.29 is 15.3 Å². The van der Waals surface area contributed by atoms with Crippen LogP contribution in [0.15, 0.2) is 46.1 Å². The van der Waals surface area contributed by atoms with Crippen molar-refractivity contribution in [1.82, 2.24) is 0 Å². The molecule has 1 atom stereocenters. The number of benzene rings is 1. The highest BCUT2D eigenvalue weighted by atomic mass is 16.3. The van der Waals surface area contributed by atoms with Gasteiger partial charge in [-0.15, -0.1) is 0 Å². The largest absolute Gasteiger partial charge is 0.507 e. The molecule has 1 aromatic rings. The minimum absolute atomic E-state index is 0.142. The van der Waals surface area contributed by atoms with Gasteiger partial charge >= 0.3 is 0 Å². The molecule has 3 N–H and O–H groups in total. The molecule has 0 aliphatic rings. The van der Waals surface area contributed by atoms with Gasteiger partial charge in [0.25, 0.3) is 0 Å². The van der Waals surface area contributed by atoms with E-state index >= 15 is 0 Å². The van der Waals surface area contributed by atoms with Gasteiger partial charge in [-0.05, 0) is 104 Å². The monoisotopic (exact) mass is 481 g/mol. The second kappa shape index (κ2) is 14.4. The number of aromatic hydroxyl groups is 2. The lowest BCUT2D eigenvalue weighted by Crippen LogP contribution is -2.20. The third-order valence-corrected chi connectivity index (χ3v) is 6.49. The van der Waals surface area contributed by atoms with Crippen LogP contribution in [0.25, 0.3) is 16.5 Å². The average Bonchev–Trinajstić information content (AvgIpc) is 2.80. The normalized spacial score (nSPS) is 14.8. The van der Waals surface area contributed by atoms with Crippen LogP contribution in [0.2, 0.25) is 0 Å². The van der Waals surface area contributed by atoms with E-state index in [-0.39, 0.29) is 11.5 Å². The summed E-state index contributed by atoms with van der Waals surface area (Å²) in [6.07, 6.45) is 15.2. The van der Waals surface area contributed by atoms with Gasteiger partial charge in [0.15, 0.2) is 0 Å². The molecule has 192 valence electrons. The van der Waals surface area contributed by atoms with Crippen molar-refractivity contribution in [3.05, 3.63) is 73.7 Å². The van der Waals surface area contributed by atoms with Gasteiger partial charge in [0, 0.05) is 22.6 Å². The summed E-state index contributed by atoms with van der Waals surface area (Å²) in [7, 11) is 0. The van der Waals surface area contributed by atoms with Crippen LogP contribution in [0.1, 0.15) is 88.5 Å². The van der Waals surface area contributed by atoms with E-state index in [9.17, 15) is 15.3 Å². The lowest BCUT2D eigenvalue weighted by Gasteiger charge is -2.19. The molecule has 0 aromatic heterocycles. The Hall–Kier alpha value is -2.95. The highest BCUT2D eigenvalue weighted by Crippen LogP contribution is 2.37. The fourth-order valence-electron chi connectivity index (χ4n) is 3.81. The van der Waals surface area contributed by atoms with Crippen molar-refractivity contribution in [2.75, 3.05) is 6.54 Å². The molecule has 0 saturated carbocycles. The predicted molar refractivity (Wildman–Crippen MR) is 147 cm³/mol. The predicted octanol–water partition coefficient (Wildman–Crippen LogP) is 8.28. The summed E-state index contributed by atoms with van der Waals surface area (Å²) in [5.74, 6) is 0.322. The first-order valence-corrected chi connectivity index (χ1v) is 12.3. The summed E-state index contributed by atoms with van der Waals surface area (Å²) in [5.41, 5.74) is 13.6. The van der Waals surface area contributed by atoms with E-state index in [2.05, 4.69) is 42.1 Å². The van der Waals surface area contributed by atoms with E-state index in [1.807, 2.05) is 6.92 Å². The third-order valence-electron chi connectivity index (χ3n) is 6.49. The number of phenolic OH excluding ortho intramolecular Hbond substituents is 2. The van der Waals surface area contributed by atoms with Crippen molar-refractivity contribution in [2.45, 2.75) is 92.6 Å². The summed E-state index contributed by atoms with van der Waals surface area (Å²) in [4.78, 5) is 2.78. The van der Waals surface area contributed by atoms with Gasteiger partial charge in [-0.1, -0.05) is 52.2 Å². The van der Waals surface area contributed by atoms with Gasteiger partial charge in [-0.2, -0.15) is 0 Å². The summed E-state index contributed by atoms with van der Waals surface area (Å²) in [6.45, 7) is 13.8. The van der Waals surface area contributed by atoms with Crippen LogP contribution in [0.5, 0.6) is 11.5 Å². The fraction of sp³-hybridized carbons (Fsp3) is 0.517. The standard InChI is InChI=1S/C29H43N3O3/c1-20(13-9-14-22(3)19-31-32-30)11-8-12-21(2)15-10-17-29(7,35)18-16-26-25(6)27(33)23(4)24(5)28(26)34/h11,14-16,18,33-35H,8-10,12-13,17,19H2,1-7H3. The number of allylic oxidation sites excluding steroid dienone is 5. The molecule has 0 heterocycles. The molecule has 35 heavy (non-hydrogen) atoms. The maximum Gasteiger partial charge on any atom is 0.126 e. The first kappa shape index (κ1) is 30.1. The number of hydrogen-bond acceptors (Lipinski definition) is 4. The highest BCUT2D eigenvalue weighted by molar-refractivity contribution is 5.69. The van der Waals surface area contributed by atoms with E-state index in [1.54, 1.807) is 39.8 Å². The van der Waals surface area contributed by atoms with Crippen molar-refractivity contribution in [3.8, 4) is 11.5 Å². The van der Waals surface area contributed by atoms with E-state index in [1.165, 1.54) is 11.1 Å². The SMILES string of the molecule is CC(=CCCC(C)=CCCC(C)(O)C=Cc1c(C)c(O)c(C)c(C)c1O)CCC=C(C)CN=[N+]=[N-]. The molecule has 0 spiro atoms. The molecule has 1 unspecified atom stereocenters. The molecule has 0 radical (unpaired) electrons. The van der Waals surface area contributed by atoms with Gasteiger partial charge in [0.05, 0.1) is 5.60 Å². The van der Waals surface area contributed by atoms with E-state index < -0.39 is 5.60 Å². The molecule has 0 bridgehead atoms. The average molecular weight is 482 g/mol. The van der Waals surface area contributed by atoms with Gasteiger partial charge in [0.1, 0.15) is 11.5 Å². The first-order valence-electron chi connectivity index (χ1n) is 12.3. The molecule has 1 aromatic carbocycles. The van der Waals surface area contributed by atoms with Crippen LogP contribution in [-0.4, -0.2) is 27.5 Å². The quantitative estimate of drug-likeness (QED) is 0.0866. The number of hydrogen-bond donors (Lipinski definition) is 3. The Balaban J connectivity index is 2.57. The first-order chi connectivity index (χ1) is 16.4. The van der Waals surface area contributed by atoms with Gasteiger partial charge in [-0.25, -0.2) is 0 Å². The molecule has 0 aliphatic heterocycles. The van der Waals surface area contributed by atoms with Gasteiger partial charge in [0.2, 0.25) is 0 Å². The zero-order valence-electron chi connectivity index (χ0n) is 22.5. The van der Waals surface area contributed by atoms with Crippen molar-refractivity contribution in [3.63, 3.8) is 0 Å². The van der Waals surface area contributed by atoms with Gasteiger partial charge < -0.3 is 15.3 Å². The molecule has 0 fully saturated rings. The molecule has 6 nitrogen and oxygen atoms in total. The maximum atomic E-state index is 10.8. The Labute approximate surface area is 211 Å². The summed E-state index contributed by atoms with van der Waals surface area (Å²) in [6, 6.07) is 0. The van der Waals surface area contributed by atoms with Crippen LogP contribution >= 0.6 is 0 Å². The van der Waals surface area contributed by atoms with Crippen molar-refractivity contribution in [1.29, 1.82) is 0 Å². The van der Waals surface area contributed by atoms with Crippen LogP contribution in [0.3, 0.4) is 0 Å². The Bertz CT molecular complexity index is 1010. The smallest absolute Gasteiger partial charge is 0.126 e. The summed E-state index contributed by atoms with van der Waals surface area (Å²) < 4.78 is 0. The Morgan fingerprint density at radius 2 is 1.37 bits per heavy atom. The van der Waals surface area contributed by atoms with E-state index in [0.29, 0.717) is 35.2 Å². The van der Waals surface area contributed by atoms with Crippen LogP contribution in [0, 0.1) is 20.8 Å². The highest BCUT2D eigenvalue weighted by Gasteiger charge is 2.18. The Morgan fingerprint density at radius 1 is 0.857 bits per heavy atom. The van der Waals surface area contributed by atoms with Crippen LogP contribution in [0.4, 0.5) is 0 Å². The molecule has 0 amide bonds. The summed E-state index contributed by atoms with van der Waals surface area (Å²) in [5, 5.41) is 35.1. The Morgan fingerprint density at radius 3 is 1.94 bits per heavy atom. The molecule has 6 heteroatoms. The molecule has 0 saturated heterocycles. The van der Waals surface area contributed by atoms with Crippen molar-refractivity contribution in [2.24, 2.45) is 5.11 Å². The van der Waals surface area contributed by atoms with Crippen LogP contribution < -0.4 is 0 Å². The minimum Gasteiger partial charge on any atom is -0.507 e. The molecular weight excluding hydrogens is 438 g/mol. The Kier molecular flexibility index (Phi) is 12.4. The lowest BCUT2D eigenvalue weighted by atomic mass is 9.93. The third kappa shape index (κ3) is 10.5. The summed E-state index contributed by atoms with van der Waals surface area (Å²) >= 11 is 0. The number of aliphatic hydroxyl groups is 1. The second-order valence-corrected chi connectivity index (χ2v) is 9.83. The molecule has 1 rings (SSSR count). The zero-order chi connectivity index (χ0) is 26.6. The number of nitrogens with zero attached hydrogens (tertiary/aromatic N) is 3. The van der Waals surface area contributed by atoms with E-state index in [0.717, 1.165) is 37.7 Å².